The minimum atomic E-state index is -1.34. The summed E-state index contributed by atoms with van der Waals surface area (Å²) in [6, 6.07) is 9.30. The Morgan fingerprint density at radius 1 is 1.00 bits per heavy atom. The van der Waals surface area contributed by atoms with Crippen LogP contribution in [-0.2, 0) is 6.61 Å². The summed E-state index contributed by atoms with van der Waals surface area (Å²) in [4.78, 5) is 0. The van der Waals surface area contributed by atoms with Crippen molar-refractivity contribution < 1.29 is 17.9 Å². The Labute approximate surface area is 102 Å². The fourth-order valence-corrected chi connectivity index (χ4v) is 1.47. The van der Waals surface area contributed by atoms with Crippen molar-refractivity contribution in [2.75, 3.05) is 5.73 Å². The maximum atomic E-state index is 13.4. The second-order valence-electron chi connectivity index (χ2n) is 3.67. The zero-order valence-electron chi connectivity index (χ0n) is 9.29. The van der Waals surface area contributed by atoms with Gasteiger partial charge in [0, 0.05) is 6.07 Å². The number of hydrogen-bond acceptors (Lipinski definition) is 2. The Hall–Kier alpha value is -2.17. The lowest BCUT2D eigenvalue weighted by atomic mass is 10.2. The fraction of sp³-hybridized carbons (Fsp3) is 0.0769. The molecule has 0 saturated heterocycles. The summed E-state index contributed by atoms with van der Waals surface area (Å²) in [6.45, 7) is 0.0209. The molecule has 2 aromatic rings. The molecule has 18 heavy (non-hydrogen) atoms. The van der Waals surface area contributed by atoms with Crippen molar-refractivity contribution in [1.82, 2.24) is 0 Å². The summed E-state index contributed by atoms with van der Waals surface area (Å²) in [5.74, 6) is -4.14. The van der Waals surface area contributed by atoms with Gasteiger partial charge >= 0.3 is 0 Å². The Morgan fingerprint density at radius 3 is 2.33 bits per heavy atom. The fourth-order valence-electron chi connectivity index (χ4n) is 1.47. The minimum Gasteiger partial charge on any atom is -0.484 e. The highest BCUT2D eigenvalue weighted by Crippen LogP contribution is 2.30. The van der Waals surface area contributed by atoms with Gasteiger partial charge in [-0.3, -0.25) is 0 Å². The maximum Gasteiger partial charge on any atom is 0.185 e. The van der Waals surface area contributed by atoms with Crippen LogP contribution in [0.1, 0.15) is 5.56 Å². The van der Waals surface area contributed by atoms with Gasteiger partial charge in [-0.25, -0.2) is 13.2 Å². The van der Waals surface area contributed by atoms with Crippen molar-refractivity contribution in [1.29, 1.82) is 0 Å². The van der Waals surface area contributed by atoms with Gasteiger partial charge in [0.15, 0.2) is 23.2 Å². The molecule has 94 valence electrons. The average Bonchev–Trinajstić information content (AvgIpc) is 2.37. The third kappa shape index (κ3) is 2.40. The molecule has 0 aliphatic rings. The largest absolute Gasteiger partial charge is 0.484 e. The van der Waals surface area contributed by atoms with Crippen LogP contribution in [0.15, 0.2) is 36.4 Å². The summed E-state index contributed by atoms with van der Waals surface area (Å²) in [5, 5.41) is 0. The van der Waals surface area contributed by atoms with E-state index in [1.54, 1.807) is 24.3 Å². The van der Waals surface area contributed by atoms with Crippen LogP contribution in [0.2, 0.25) is 0 Å². The summed E-state index contributed by atoms with van der Waals surface area (Å²) in [6.07, 6.45) is 0. The first-order chi connectivity index (χ1) is 8.59. The van der Waals surface area contributed by atoms with Gasteiger partial charge in [0.2, 0.25) is 0 Å². The van der Waals surface area contributed by atoms with Gasteiger partial charge in [-0.05, 0) is 5.56 Å². The number of rotatable bonds is 3. The number of nitrogens with two attached hydrogens (primary N) is 1. The highest BCUT2D eigenvalue weighted by atomic mass is 19.2. The molecular weight excluding hydrogens is 243 g/mol. The number of nitrogen functional groups attached to an aromatic ring is 1. The second-order valence-corrected chi connectivity index (χ2v) is 3.67. The van der Waals surface area contributed by atoms with E-state index in [0.29, 0.717) is 6.07 Å². The highest BCUT2D eigenvalue weighted by molar-refractivity contribution is 5.54. The summed E-state index contributed by atoms with van der Waals surface area (Å²) < 4.78 is 44.4. The molecule has 2 aromatic carbocycles. The monoisotopic (exact) mass is 253 g/mol. The first-order valence-electron chi connectivity index (χ1n) is 5.19. The molecule has 0 atom stereocenters. The normalized spacial score (nSPS) is 10.4. The Morgan fingerprint density at radius 2 is 1.67 bits per heavy atom. The average molecular weight is 253 g/mol. The lowest BCUT2D eigenvalue weighted by Gasteiger charge is -2.10. The molecule has 2 rings (SSSR count). The molecule has 0 aliphatic carbocycles. The molecule has 2 N–H and O–H groups in total. The molecule has 0 aromatic heterocycles. The molecule has 0 spiro atoms. The van der Waals surface area contributed by atoms with Crippen molar-refractivity contribution >= 4 is 5.69 Å². The van der Waals surface area contributed by atoms with Crippen LogP contribution in [0.25, 0.3) is 0 Å². The molecule has 0 aliphatic heterocycles. The first kappa shape index (κ1) is 12.3. The number of benzene rings is 2. The van der Waals surface area contributed by atoms with Gasteiger partial charge in [-0.2, -0.15) is 0 Å². The van der Waals surface area contributed by atoms with Gasteiger partial charge in [0.05, 0.1) is 0 Å². The van der Waals surface area contributed by atoms with Crippen LogP contribution in [0.3, 0.4) is 0 Å². The minimum absolute atomic E-state index is 0.0209. The molecule has 0 saturated carbocycles. The van der Waals surface area contributed by atoms with Crippen LogP contribution in [-0.4, -0.2) is 0 Å². The van der Waals surface area contributed by atoms with Gasteiger partial charge in [0.25, 0.3) is 0 Å². The summed E-state index contributed by atoms with van der Waals surface area (Å²) in [7, 11) is 0. The van der Waals surface area contributed by atoms with E-state index in [-0.39, 0.29) is 6.61 Å². The predicted octanol–water partition coefficient (Wildman–Crippen LogP) is 3.27. The quantitative estimate of drug-likeness (QED) is 0.673. The third-order valence-corrected chi connectivity index (χ3v) is 2.39. The molecule has 0 radical (unpaired) electrons. The van der Waals surface area contributed by atoms with Crippen molar-refractivity contribution in [3.8, 4) is 5.75 Å². The number of ether oxygens (including phenoxy) is 1. The van der Waals surface area contributed by atoms with Gasteiger partial charge in [-0.15, -0.1) is 0 Å². The lowest BCUT2D eigenvalue weighted by molar-refractivity contribution is 0.289. The highest BCUT2D eigenvalue weighted by Gasteiger charge is 2.17. The topological polar surface area (TPSA) is 35.2 Å². The van der Waals surface area contributed by atoms with E-state index in [2.05, 4.69) is 0 Å². The van der Waals surface area contributed by atoms with Gasteiger partial charge in [0.1, 0.15) is 12.3 Å². The molecule has 5 heteroatoms. The van der Waals surface area contributed by atoms with E-state index in [9.17, 15) is 13.2 Å². The Bertz CT molecular complexity index is 558. The predicted molar refractivity (Wildman–Crippen MR) is 61.5 cm³/mol. The SMILES string of the molecule is Nc1c(F)c(F)cc(F)c1OCc1ccccc1. The maximum absolute atomic E-state index is 13.4. The molecule has 0 bridgehead atoms. The zero-order valence-corrected chi connectivity index (χ0v) is 9.29. The van der Waals surface area contributed by atoms with E-state index in [1.807, 2.05) is 6.07 Å². The Balaban J connectivity index is 2.22. The third-order valence-electron chi connectivity index (χ3n) is 2.39. The van der Waals surface area contributed by atoms with Crippen molar-refractivity contribution in [2.24, 2.45) is 0 Å². The van der Waals surface area contributed by atoms with Crippen molar-refractivity contribution in [3.63, 3.8) is 0 Å². The molecule has 0 unspecified atom stereocenters. The first-order valence-corrected chi connectivity index (χ1v) is 5.19. The molecular formula is C13H10F3NO. The molecule has 0 heterocycles. The lowest BCUT2D eigenvalue weighted by Crippen LogP contribution is -2.04. The van der Waals surface area contributed by atoms with E-state index in [1.165, 1.54) is 0 Å². The van der Waals surface area contributed by atoms with Crippen molar-refractivity contribution in [3.05, 3.63) is 59.4 Å². The van der Waals surface area contributed by atoms with Crippen LogP contribution < -0.4 is 10.5 Å². The number of halogens is 3. The molecule has 0 amide bonds. The molecule has 0 fully saturated rings. The van der Waals surface area contributed by atoms with Gasteiger partial charge < -0.3 is 10.5 Å². The van der Waals surface area contributed by atoms with E-state index >= 15 is 0 Å². The zero-order chi connectivity index (χ0) is 13.1. The van der Waals surface area contributed by atoms with Gasteiger partial charge in [-0.1, -0.05) is 30.3 Å². The standard InChI is InChI=1S/C13H10F3NO/c14-9-6-10(15)13(12(17)11(9)16)18-7-8-4-2-1-3-5-8/h1-6H,7,17H2. The molecule has 2 nitrogen and oxygen atoms in total. The van der Waals surface area contributed by atoms with Crippen LogP contribution in [0, 0.1) is 17.5 Å². The van der Waals surface area contributed by atoms with Crippen molar-refractivity contribution in [2.45, 2.75) is 6.61 Å². The van der Waals surface area contributed by atoms with Crippen LogP contribution in [0.4, 0.5) is 18.9 Å². The van der Waals surface area contributed by atoms with E-state index in [0.717, 1.165) is 5.56 Å². The number of hydrogen-bond donors (Lipinski definition) is 1. The van der Waals surface area contributed by atoms with E-state index in [4.69, 9.17) is 10.5 Å². The Kier molecular flexibility index (Phi) is 3.41. The summed E-state index contributed by atoms with van der Waals surface area (Å²) in [5.41, 5.74) is 5.37. The smallest absolute Gasteiger partial charge is 0.185 e. The van der Waals surface area contributed by atoms with Crippen LogP contribution in [0.5, 0.6) is 5.75 Å². The second kappa shape index (κ2) is 5.00. The number of anilines is 1. The van der Waals surface area contributed by atoms with Crippen LogP contribution >= 0.6 is 0 Å². The summed E-state index contributed by atoms with van der Waals surface area (Å²) >= 11 is 0. The van der Waals surface area contributed by atoms with E-state index < -0.39 is 28.9 Å².